The molecule has 0 aromatic rings. The predicted molar refractivity (Wildman–Crippen MR) is 42.1 cm³/mol. The van der Waals surface area contributed by atoms with Crippen LogP contribution in [0.1, 0.15) is 0 Å². The van der Waals surface area contributed by atoms with E-state index >= 15 is 0 Å². The number of alkyl halides is 4. The second-order valence-electron chi connectivity index (χ2n) is 0.725. The van der Waals surface area contributed by atoms with Gasteiger partial charge in [0.2, 0.25) is 0 Å². The molecule has 0 fully saturated rings. The van der Waals surface area contributed by atoms with Gasteiger partial charge in [-0.25, -0.2) is 0 Å². The van der Waals surface area contributed by atoms with E-state index in [9.17, 15) is 10.1 Å². The summed E-state index contributed by atoms with van der Waals surface area (Å²) in [6, 6.07) is 0. The number of halogens is 4. The van der Waals surface area contributed by atoms with Gasteiger partial charge in [-0.3, -0.25) is 10.1 Å². The zero-order valence-electron chi connectivity index (χ0n) is 4.28. The Morgan fingerprint density at radius 2 is 1.56 bits per heavy atom. The lowest BCUT2D eigenvalue weighted by Crippen LogP contribution is -2.15. The van der Waals surface area contributed by atoms with Crippen molar-refractivity contribution in [3.8, 4) is 0 Å². The van der Waals surface area contributed by atoms with Crippen LogP contribution in [0.3, 0.4) is 0 Å². The summed E-state index contributed by atoms with van der Waals surface area (Å²) in [5.41, 5.74) is 0. The molecule has 0 aromatic carbocycles. The van der Waals surface area contributed by atoms with Crippen molar-refractivity contribution in [1.82, 2.24) is 0 Å². The van der Waals surface area contributed by atoms with Crippen LogP contribution in [0.25, 0.3) is 0 Å². The number of nitro groups is 1. The minimum Gasteiger partial charge on any atom is -0.260 e. The molecule has 3 nitrogen and oxygen atoms in total. The molecule has 0 unspecified atom stereocenters. The first-order valence-corrected chi connectivity index (χ1v) is 4.25. The summed E-state index contributed by atoms with van der Waals surface area (Å²) < 4.78 is -2.36. The van der Waals surface area contributed by atoms with Gasteiger partial charge in [0.05, 0.1) is 4.92 Å². The molecular weight excluding hydrogens is 256 g/mol. The lowest BCUT2D eigenvalue weighted by Gasteiger charge is -1.96. The monoisotopic (exact) mass is 257 g/mol. The van der Waals surface area contributed by atoms with Crippen molar-refractivity contribution < 1.29 is 4.92 Å². The molecule has 0 aromatic heterocycles. The highest BCUT2D eigenvalue weighted by atomic mass is 79.9. The minimum atomic E-state index is -2.36. The van der Waals surface area contributed by atoms with Crippen molar-refractivity contribution in [1.29, 1.82) is 0 Å². The van der Waals surface area contributed by atoms with E-state index in [0.717, 1.165) is 0 Å². The van der Waals surface area contributed by atoms with Crippen LogP contribution in [0.2, 0.25) is 0 Å². The number of nitrogens with zero attached hydrogens (tertiary/aromatic N) is 1. The van der Waals surface area contributed by atoms with Crippen LogP contribution in [-0.4, -0.2) is 14.7 Å². The van der Waals surface area contributed by atoms with E-state index in [2.05, 4.69) is 15.9 Å². The summed E-state index contributed by atoms with van der Waals surface area (Å²) in [5.74, 6) is 1.81. The van der Waals surface area contributed by atoms with Crippen LogP contribution in [0.5, 0.6) is 0 Å². The lowest BCUT2D eigenvalue weighted by molar-refractivity contribution is -0.491. The van der Waals surface area contributed by atoms with Gasteiger partial charge < -0.3 is 0 Å². The third kappa shape index (κ3) is 8.75. The zero-order chi connectivity index (χ0) is 8.08. The summed E-state index contributed by atoms with van der Waals surface area (Å²) in [6.07, 6.45) is 0. The molecule has 0 bridgehead atoms. The fourth-order valence-electron chi connectivity index (χ4n) is 0. The predicted octanol–water partition coefficient (Wildman–Crippen LogP) is 2.60. The van der Waals surface area contributed by atoms with Gasteiger partial charge in [0, 0.05) is 0 Å². The molecule has 7 heteroatoms. The third-order valence-corrected chi connectivity index (χ3v) is 0.621. The molecule has 9 heavy (non-hydrogen) atoms. The molecule has 0 heterocycles. The number of hydrogen-bond acceptors (Lipinski definition) is 2. The van der Waals surface area contributed by atoms with Crippen LogP contribution in [-0.2, 0) is 0 Å². The van der Waals surface area contributed by atoms with Crippen molar-refractivity contribution in [3.63, 3.8) is 0 Å². The van der Waals surface area contributed by atoms with E-state index < -0.39 is 8.84 Å². The van der Waals surface area contributed by atoms with Crippen LogP contribution in [0, 0.1) is 10.1 Å². The molecule has 0 saturated carbocycles. The fourth-order valence-corrected chi connectivity index (χ4v) is 0. The molecule has 0 radical (unpaired) electrons. The first-order valence-electron chi connectivity index (χ1n) is 1.53. The Morgan fingerprint density at radius 1 is 1.44 bits per heavy atom. The molecule has 0 saturated heterocycles. The average molecular weight is 259 g/mol. The highest BCUT2D eigenvalue weighted by Crippen LogP contribution is 2.25. The highest BCUT2D eigenvalue weighted by molar-refractivity contribution is 9.08. The molecule has 0 N–H and O–H groups in total. The van der Waals surface area contributed by atoms with Crippen molar-refractivity contribution >= 4 is 50.7 Å². The van der Waals surface area contributed by atoms with Crippen LogP contribution < -0.4 is 0 Å². The first-order chi connectivity index (χ1) is 3.94. The Balaban J connectivity index is 0. The maximum absolute atomic E-state index is 9.43. The largest absolute Gasteiger partial charge is 0.449 e. The van der Waals surface area contributed by atoms with E-state index in [1.54, 1.807) is 0 Å². The Hall–Kier alpha value is 0.750. The first kappa shape index (κ1) is 12.4. The van der Waals surface area contributed by atoms with Gasteiger partial charge in [0.1, 0.15) is 0 Å². The minimum absolute atomic E-state index is 1.02. The number of hydrogen-bond donors (Lipinski definition) is 0. The van der Waals surface area contributed by atoms with Crippen LogP contribution in [0.15, 0.2) is 0 Å². The normalized spacial score (nSPS) is 9.44. The number of rotatable bonds is 0. The molecule has 0 spiro atoms. The van der Waals surface area contributed by atoms with Gasteiger partial charge in [-0.1, -0.05) is 15.9 Å². The van der Waals surface area contributed by atoms with E-state index in [1.807, 2.05) is 5.83 Å². The Bertz CT molecular complexity index is 92.3. The smallest absolute Gasteiger partial charge is 0.260 e. The summed E-state index contributed by atoms with van der Waals surface area (Å²) >= 11 is 17.0. The van der Waals surface area contributed by atoms with Crippen molar-refractivity contribution in [2.45, 2.75) is 3.92 Å². The second-order valence-corrected chi connectivity index (χ2v) is 2.95. The quantitative estimate of drug-likeness (QED) is 0.290. The Labute approximate surface area is 75.5 Å². The fraction of sp³-hybridized carbons (Fsp3) is 1.00. The van der Waals surface area contributed by atoms with E-state index in [1.165, 1.54) is 0 Å². The summed E-state index contributed by atoms with van der Waals surface area (Å²) in [4.78, 5) is 8.41. The van der Waals surface area contributed by atoms with Gasteiger partial charge in [-0.2, -0.15) is 0 Å². The van der Waals surface area contributed by atoms with Gasteiger partial charge in [0.15, 0.2) is 0 Å². The zero-order valence-corrected chi connectivity index (χ0v) is 8.13. The van der Waals surface area contributed by atoms with Gasteiger partial charge >= 0.3 is 3.92 Å². The average Bonchev–Trinajstić information content (AvgIpc) is 1.69. The van der Waals surface area contributed by atoms with E-state index in [-0.39, 0.29) is 0 Å². The summed E-state index contributed by atoms with van der Waals surface area (Å²) in [7, 11) is 0. The van der Waals surface area contributed by atoms with Crippen molar-refractivity contribution in [2.24, 2.45) is 0 Å². The third-order valence-electron chi connectivity index (χ3n) is 0.207. The Morgan fingerprint density at radius 3 is 1.56 bits per heavy atom. The molecule has 56 valence electrons. The SMILES string of the molecule is CBr.O=[N+]([O-])C(Cl)(Cl)Cl. The maximum atomic E-state index is 9.43. The molecule has 0 aliphatic carbocycles. The molecule has 0 amide bonds. The summed E-state index contributed by atoms with van der Waals surface area (Å²) in [6.45, 7) is 0. The van der Waals surface area contributed by atoms with E-state index in [4.69, 9.17) is 34.8 Å². The highest BCUT2D eigenvalue weighted by Gasteiger charge is 2.33. The lowest BCUT2D eigenvalue weighted by atomic mass is 11.4. The van der Waals surface area contributed by atoms with Crippen molar-refractivity contribution in [2.75, 3.05) is 5.83 Å². The summed E-state index contributed by atoms with van der Waals surface area (Å²) in [5, 5.41) is 9.43. The Kier molecular flexibility index (Phi) is 7.63. The van der Waals surface area contributed by atoms with Crippen LogP contribution >= 0.6 is 50.7 Å². The molecule has 0 atom stereocenters. The molecule has 0 rings (SSSR count). The van der Waals surface area contributed by atoms with Gasteiger partial charge in [-0.15, -0.1) is 0 Å². The van der Waals surface area contributed by atoms with Gasteiger partial charge in [0.25, 0.3) is 0 Å². The molecule has 0 aliphatic rings. The van der Waals surface area contributed by atoms with Crippen molar-refractivity contribution in [3.05, 3.63) is 10.1 Å². The topological polar surface area (TPSA) is 43.1 Å². The molecule has 0 aliphatic heterocycles. The standard InChI is InChI=1S/CH3Br.CCl3NO2/c1-2;2-1(3,4)5(6)7/h1H3;. The van der Waals surface area contributed by atoms with Crippen LogP contribution in [0.4, 0.5) is 0 Å². The van der Waals surface area contributed by atoms with E-state index in [0.29, 0.717) is 0 Å². The second kappa shape index (κ2) is 5.53. The van der Waals surface area contributed by atoms with Gasteiger partial charge in [-0.05, 0) is 40.6 Å². The maximum Gasteiger partial charge on any atom is 0.449 e. The molecular formula is C2H3BrCl3NO2.